The Morgan fingerprint density at radius 1 is 0.957 bits per heavy atom. The molecule has 0 saturated heterocycles. The van der Waals surface area contributed by atoms with Gasteiger partial charge in [-0.15, -0.1) is 0 Å². The third-order valence-corrected chi connectivity index (χ3v) is 4.24. The molecule has 0 spiro atoms. The molecule has 4 nitrogen and oxygen atoms in total. The normalized spacial score (nSPS) is 13.9. The molecular formula is C18H17FN4. The topological polar surface area (TPSA) is 34.0 Å². The number of pyridine rings is 1. The maximum absolute atomic E-state index is 13.3. The van der Waals surface area contributed by atoms with Crippen molar-refractivity contribution in [2.75, 3.05) is 18.5 Å². The van der Waals surface area contributed by atoms with Crippen LogP contribution in [0.15, 0.2) is 48.8 Å². The van der Waals surface area contributed by atoms with E-state index in [0.29, 0.717) is 0 Å². The van der Waals surface area contributed by atoms with Gasteiger partial charge in [0.1, 0.15) is 17.3 Å². The van der Waals surface area contributed by atoms with Crippen LogP contribution in [0.1, 0.15) is 6.42 Å². The molecule has 116 valence electrons. The zero-order valence-electron chi connectivity index (χ0n) is 12.9. The average molecular weight is 308 g/mol. The van der Waals surface area contributed by atoms with E-state index in [2.05, 4.69) is 21.6 Å². The maximum atomic E-state index is 13.3. The Bertz CT molecular complexity index is 824. The standard InChI is InChI=1S/C18H17FN4/c1-22-11-2-12-23-18(22)16(13-7-9-20-10-8-13)17(21-23)14-3-5-15(19)6-4-14/h3-10H,2,11-12H2,1H3. The van der Waals surface area contributed by atoms with Crippen molar-refractivity contribution in [3.05, 3.63) is 54.6 Å². The first-order valence-electron chi connectivity index (χ1n) is 7.72. The third-order valence-electron chi connectivity index (χ3n) is 4.24. The molecule has 4 rings (SSSR count). The zero-order chi connectivity index (χ0) is 15.8. The van der Waals surface area contributed by atoms with E-state index in [1.165, 1.54) is 12.1 Å². The lowest BCUT2D eigenvalue weighted by Crippen LogP contribution is -2.28. The minimum Gasteiger partial charge on any atom is -0.359 e. The summed E-state index contributed by atoms with van der Waals surface area (Å²) in [7, 11) is 2.09. The van der Waals surface area contributed by atoms with Gasteiger partial charge in [-0.2, -0.15) is 5.10 Å². The van der Waals surface area contributed by atoms with Crippen LogP contribution >= 0.6 is 0 Å². The summed E-state index contributed by atoms with van der Waals surface area (Å²) in [6.45, 7) is 1.91. The Kier molecular flexibility index (Phi) is 3.33. The van der Waals surface area contributed by atoms with E-state index in [4.69, 9.17) is 5.10 Å². The highest BCUT2D eigenvalue weighted by atomic mass is 19.1. The maximum Gasteiger partial charge on any atom is 0.135 e. The molecule has 1 aliphatic rings. The summed E-state index contributed by atoms with van der Waals surface area (Å²) >= 11 is 0. The second-order valence-corrected chi connectivity index (χ2v) is 5.79. The summed E-state index contributed by atoms with van der Waals surface area (Å²) in [4.78, 5) is 6.35. The number of halogens is 1. The van der Waals surface area contributed by atoms with Gasteiger partial charge in [-0.3, -0.25) is 4.98 Å². The van der Waals surface area contributed by atoms with Crippen LogP contribution in [-0.2, 0) is 6.54 Å². The largest absolute Gasteiger partial charge is 0.359 e. The number of hydrogen-bond acceptors (Lipinski definition) is 3. The van der Waals surface area contributed by atoms with Gasteiger partial charge in [0, 0.05) is 38.1 Å². The first-order valence-corrected chi connectivity index (χ1v) is 7.72. The second-order valence-electron chi connectivity index (χ2n) is 5.79. The van der Waals surface area contributed by atoms with Crippen LogP contribution in [0.25, 0.3) is 22.4 Å². The summed E-state index contributed by atoms with van der Waals surface area (Å²) in [6, 6.07) is 10.5. The third kappa shape index (κ3) is 2.38. The van der Waals surface area contributed by atoms with Crippen LogP contribution < -0.4 is 4.90 Å². The molecule has 3 heterocycles. The van der Waals surface area contributed by atoms with Gasteiger partial charge in [-0.1, -0.05) is 0 Å². The molecule has 0 radical (unpaired) electrons. The van der Waals surface area contributed by atoms with E-state index < -0.39 is 0 Å². The summed E-state index contributed by atoms with van der Waals surface area (Å²) < 4.78 is 15.3. The van der Waals surface area contributed by atoms with Crippen molar-refractivity contribution in [1.29, 1.82) is 0 Å². The number of aromatic nitrogens is 3. The molecule has 0 N–H and O–H groups in total. The van der Waals surface area contributed by atoms with Gasteiger partial charge in [0.2, 0.25) is 0 Å². The predicted octanol–water partition coefficient (Wildman–Crippen LogP) is 3.59. The van der Waals surface area contributed by atoms with Crippen molar-refractivity contribution >= 4 is 5.82 Å². The summed E-state index contributed by atoms with van der Waals surface area (Å²) in [5.41, 5.74) is 3.98. The van der Waals surface area contributed by atoms with Crippen molar-refractivity contribution in [3.63, 3.8) is 0 Å². The number of fused-ring (bicyclic) bond motifs is 1. The second kappa shape index (κ2) is 5.50. The Balaban J connectivity index is 1.97. The predicted molar refractivity (Wildman–Crippen MR) is 88.7 cm³/mol. The molecule has 0 unspecified atom stereocenters. The molecular weight excluding hydrogens is 291 g/mol. The first-order chi connectivity index (χ1) is 11.2. The molecule has 0 amide bonds. The molecule has 0 saturated carbocycles. The van der Waals surface area contributed by atoms with Gasteiger partial charge >= 0.3 is 0 Å². The highest BCUT2D eigenvalue weighted by Gasteiger charge is 2.25. The fourth-order valence-electron chi connectivity index (χ4n) is 3.15. The molecule has 0 atom stereocenters. The molecule has 2 aromatic heterocycles. The van der Waals surface area contributed by atoms with E-state index in [-0.39, 0.29) is 5.82 Å². The van der Waals surface area contributed by atoms with Crippen molar-refractivity contribution in [1.82, 2.24) is 14.8 Å². The van der Waals surface area contributed by atoms with E-state index in [1.54, 1.807) is 24.5 Å². The van der Waals surface area contributed by atoms with Crippen molar-refractivity contribution in [2.45, 2.75) is 13.0 Å². The van der Waals surface area contributed by atoms with Gasteiger partial charge in [0.05, 0.1) is 5.56 Å². The van der Waals surface area contributed by atoms with Crippen molar-refractivity contribution in [3.8, 4) is 22.4 Å². The summed E-state index contributed by atoms with van der Waals surface area (Å²) in [6.07, 6.45) is 4.65. The van der Waals surface area contributed by atoms with E-state index in [0.717, 1.165) is 47.7 Å². The minimum absolute atomic E-state index is 0.236. The molecule has 0 bridgehead atoms. The fourth-order valence-corrected chi connectivity index (χ4v) is 3.15. The lowest BCUT2D eigenvalue weighted by Gasteiger charge is -2.26. The lowest BCUT2D eigenvalue weighted by molar-refractivity contribution is 0.534. The van der Waals surface area contributed by atoms with Crippen LogP contribution in [0.5, 0.6) is 0 Å². The molecule has 0 aliphatic carbocycles. The SMILES string of the molecule is CN1CCCn2nc(-c3ccc(F)cc3)c(-c3ccncc3)c21. The van der Waals surface area contributed by atoms with Gasteiger partial charge in [-0.05, 0) is 48.4 Å². The number of rotatable bonds is 2. The molecule has 1 aromatic carbocycles. The smallest absolute Gasteiger partial charge is 0.135 e. The molecule has 3 aromatic rings. The number of nitrogens with zero attached hydrogens (tertiary/aromatic N) is 4. The Labute approximate surface area is 134 Å². The van der Waals surface area contributed by atoms with Gasteiger partial charge in [-0.25, -0.2) is 9.07 Å². The van der Waals surface area contributed by atoms with Crippen LogP contribution in [0.2, 0.25) is 0 Å². The van der Waals surface area contributed by atoms with Gasteiger partial charge in [0.25, 0.3) is 0 Å². The molecule has 5 heteroatoms. The molecule has 1 aliphatic heterocycles. The quantitative estimate of drug-likeness (QED) is 0.725. The Hall–Kier alpha value is -2.69. The lowest BCUT2D eigenvalue weighted by atomic mass is 10.0. The van der Waals surface area contributed by atoms with Crippen molar-refractivity contribution < 1.29 is 4.39 Å². The van der Waals surface area contributed by atoms with Gasteiger partial charge in [0.15, 0.2) is 0 Å². The number of hydrogen-bond donors (Lipinski definition) is 0. The zero-order valence-corrected chi connectivity index (χ0v) is 12.9. The number of anilines is 1. The number of benzene rings is 1. The van der Waals surface area contributed by atoms with E-state index >= 15 is 0 Å². The van der Waals surface area contributed by atoms with Crippen LogP contribution in [0, 0.1) is 5.82 Å². The number of aryl methyl sites for hydroxylation is 1. The first kappa shape index (κ1) is 13.9. The highest BCUT2D eigenvalue weighted by Crippen LogP contribution is 2.40. The fraction of sp³-hybridized carbons (Fsp3) is 0.222. The Morgan fingerprint density at radius 2 is 1.70 bits per heavy atom. The van der Waals surface area contributed by atoms with Crippen LogP contribution in [0.4, 0.5) is 10.2 Å². The minimum atomic E-state index is -0.236. The summed E-state index contributed by atoms with van der Waals surface area (Å²) in [5.74, 6) is 0.877. The molecule has 0 fully saturated rings. The van der Waals surface area contributed by atoms with Gasteiger partial charge < -0.3 is 4.90 Å². The van der Waals surface area contributed by atoms with Crippen LogP contribution in [0.3, 0.4) is 0 Å². The monoisotopic (exact) mass is 308 g/mol. The average Bonchev–Trinajstić information content (AvgIpc) is 2.97. The highest BCUT2D eigenvalue weighted by molar-refractivity contribution is 5.89. The van der Waals surface area contributed by atoms with E-state index in [9.17, 15) is 4.39 Å². The summed E-state index contributed by atoms with van der Waals surface area (Å²) in [5, 5.41) is 4.81. The van der Waals surface area contributed by atoms with Crippen LogP contribution in [-0.4, -0.2) is 28.4 Å². The Morgan fingerprint density at radius 3 is 2.43 bits per heavy atom. The van der Waals surface area contributed by atoms with Crippen molar-refractivity contribution in [2.24, 2.45) is 0 Å². The molecule has 23 heavy (non-hydrogen) atoms. The van der Waals surface area contributed by atoms with E-state index in [1.807, 2.05) is 12.1 Å².